The van der Waals surface area contributed by atoms with Gasteiger partial charge in [0.2, 0.25) is 0 Å². The highest BCUT2D eigenvalue weighted by atomic mass is 19.1. The van der Waals surface area contributed by atoms with E-state index in [1.807, 2.05) is 0 Å². The maximum atomic E-state index is 13.1. The number of nitrogen functional groups attached to an aromatic ring is 1. The number of benzene rings is 1. The van der Waals surface area contributed by atoms with Gasteiger partial charge >= 0.3 is 5.97 Å². The quantitative estimate of drug-likeness (QED) is 0.709. The monoisotopic (exact) mass is 203 g/mol. The standard InChI is InChI=1S/C8H7F2NO3/c1-14-7-3(8(12)13)2-4(9)6(11)5(7)10/h2H,11H2,1H3,(H,12,13). The number of carboxylic acid groups (broad SMARTS) is 1. The number of aromatic carboxylic acids is 1. The SMILES string of the molecule is COc1c(C(=O)O)cc(F)c(N)c1F. The van der Waals surface area contributed by atoms with Gasteiger partial charge in [-0.3, -0.25) is 0 Å². The Morgan fingerprint density at radius 1 is 1.57 bits per heavy atom. The van der Waals surface area contributed by atoms with Gasteiger partial charge in [0.15, 0.2) is 11.6 Å². The molecule has 1 aromatic carbocycles. The molecular formula is C8H7F2NO3. The van der Waals surface area contributed by atoms with Gasteiger partial charge in [-0.2, -0.15) is 0 Å². The Kier molecular flexibility index (Phi) is 2.55. The van der Waals surface area contributed by atoms with Crippen LogP contribution in [0.4, 0.5) is 14.5 Å². The molecule has 0 fully saturated rings. The van der Waals surface area contributed by atoms with Crippen LogP contribution < -0.4 is 10.5 Å². The van der Waals surface area contributed by atoms with E-state index in [2.05, 4.69) is 4.74 Å². The number of carboxylic acids is 1. The van der Waals surface area contributed by atoms with Gasteiger partial charge in [-0.05, 0) is 6.07 Å². The van der Waals surface area contributed by atoms with Crippen molar-refractivity contribution in [2.45, 2.75) is 0 Å². The average molecular weight is 203 g/mol. The lowest BCUT2D eigenvalue weighted by atomic mass is 10.1. The molecule has 0 spiro atoms. The summed E-state index contributed by atoms with van der Waals surface area (Å²) in [5, 5.41) is 8.58. The van der Waals surface area contributed by atoms with E-state index in [1.54, 1.807) is 0 Å². The molecule has 0 amide bonds. The highest BCUT2D eigenvalue weighted by Gasteiger charge is 2.21. The van der Waals surface area contributed by atoms with Gasteiger partial charge in [0.25, 0.3) is 0 Å². The molecule has 1 aromatic rings. The zero-order valence-corrected chi connectivity index (χ0v) is 7.17. The molecule has 3 N–H and O–H groups in total. The summed E-state index contributed by atoms with van der Waals surface area (Å²) in [6.07, 6.45) is 0. The van der Waals surface area contributed by atoms with E-state index in [0.717, 1.165) is 7.11 Å². The van der Waals surface area contributed by atoms with Crippen molar-refractivity contribution in [2.75, 3.05) is 12.8 Å². The molecule has 0 bridgehead atoms. The second-order valence-electron chi connectivity index (χ2n) is 2.47. The lowest BCUT2D eigenvalue weighted by molar-refractivity contribution is 0.0692. The average Bonchev–Trinajstić information content (AvgIpc) is 2.13. The summed E-state index contributed by atoms with van der Waals surface area (Å²) in [6, 6.07) is 0.611. The topological polar surface area (TPSA) is 72.5 Å². The molecule has 76 valence electrons. The second kappa shape index (κ2) is 3.49. The van der Waals surface area contributed by atoms with Crippen LogP contribution >= 0.6 is 0 Å². The summed E-state index contributed by atoms with van der Waals surface area (Å²) in [5.41, 5.74) is 3.65. The summed E-state index contributed by atoms with van der Waals surface area (Å²) in [4.78, 5) is 10.5. The molecular weight excluding hydrogens is 196 g/mol. The van der Waals surface area contributed by atoms with E-state index in [1.165, 1.54) is 0 Å². The molecule has 0 aromatic heterocycles. The van der Waals surface area contributed by atoms with Crippen molar-refractivity contribution in [3.63, 3.8) is 0 Å². The summed E-state index contributed by atoms with van der Waals surface area (Å²) >= 11 is 0. The first-order chi connectivity index (χ1) is 6.49. The predicted octanol–water partition coefficient (Wildman–Crippen LogP) is 1.25. The van der Waals surface area contributed by atoms with Crippen molar-refractivity contribution < 1.29 is 23.4 Å². The Morgan fingerprint density at radius 3 is 2.57 bits per heavy atom. The van der Waals surface area contributed by atoms with Gasteiger partial charge in [0, 0.05) is 0 Å². The number of hydrogen-bond acceptors (Lipinski definition) is 3. The zero-order valence-electron chi connectivity index (χ0n) is 7.17. The van der Waals surface area contributed by atoms with Crippen molar-refractivity contribution in [2.24, 2.45) is 0 Å². The summed E-state index contributed by atoms with van der Waals surface area (Å²) in [6.45, 7) is 0. The molecule has 6 heteroatoms. The third kappa shape index (κ3) is 1.46. The third-order valence-electron chi connectivity index (χ3n) is 1.64. The molecule has 4 nitrogen and oxygen atoms in total. The summed E-state index contributed by atoms with van der Waals surface area (Å²) in [5.74, 6) is -4.39. The van der Waals surface area contributed by atoms with Crippen molar-refractivity contribution in [3.8, 4) is 5.75 Å². The minimum Gasteiger partial charge on any atom is -0.493 e. The Bertz CT molecular complexity index is 393. The van der Waals surface area contributed by atoms with Crippen LogP contribution in [0.5, 0.6) is 5.75 Å². The lowest BCUT2D eigenvalue weighted by Gasteiger charge is -2.08. The largest absolute Gasteiger partial charge is 0.493 e. The zero-order chi connectivity index (χ0) is 10.9. The van der Waals surface area contributed by atoms with Crippen LogP contribution in [-0.2, 0) is 0 Å². The third-order valence-corrected chi connectivity index (χ3v) is 1.64. The van der Waals surface area contributed by atoms with Crippen LogP contribution in [0.15, 0.2) is 6.07 Å². The van der Waals surface area contributed by atoms with E-state index >= 15 is 0 Å². The first-order valence-electron chi connectivity index (χ1n) is 3.53. The van der Waals surface area contributed by atoms with Crippen molar-refractivity contribution in [1.82, 2.24) is 0 Å². The number of ether oxygens (including phenoxy) is 1. The van der Waals surface area contributed by atoms with Crippen molar-refractivity contribution in [3.05, 3.63) is 23.3 Å². The van der Waals surface area contributed by atoms with E-state index in [-0.39, 0.29) is 0 Å². The number of halogens is 2. The smallest absolute Gasteiger partial charge is 0.339 e. The molecule has 0 aliphatic rings. The van der Waals surface area contributed by atoms with E-state index in [0.29, 0.717) is 6.07 Å². The Morgan fingerprint density at radius 2 is 2.14 bits per heavy atom. The Labute approximate surface area is 77.9 Å². The number of rotatable bonds is 2. The summed E-state index contributed by atoms with van der Waals surface area (Å²) in [7, 11) is 1.07. The van der Waals surface area contributed by atoms with Crippen LogP contribution in [-0.4, -0.2) is 18.2 Å². The van der Waals surface area contributed by atoms with Gasteiger partial charge < -0.3 is 15.6 Å². The molecule has 1 rings (SSSR count). The summed E-state index contributed by atoms with van der Waals surface area (Å²) < 4.78 is 30.4. The number of hydrogen-bond donors (Lipinski definition) is 2. The molecule has 0 unspecified atom stereocenters. The van der Waals surface area contributed by atoms with Crippen LogP contribution in [0.25, 0.3) is 0 Å². The van der Waals surface area contributed by atoms with Gasteiger partial charge in [-0.25, -0.2) is 13.6 Å². The van der Waals surface area contributed by atoms with Gasteiger partial charge in [-0.1, -0.05) is 0 Å². The van der Waals surface area contributed by atoms with Crippen LogP contribution in [0, 0.1) is 11.6 Å². The molecule has 0 saturated carbocycles. The number of methoxy groups -OCH3 is 1. The molecule has 0 heterocycles. The highest BCUT2D eigenvalue weighted by Crippen LogP contribution is 2.29. The highest BCUT2D eigenvalue weighted by molar-refractivity contribution is 5.91. The molecule has 0 radical (unpaired) electrons. The van der Waals surface area contributed by atoms with E-state index in [4.69, 9.17) is 10.8 Å². The van der Waals surface area contributed by atoms with E-state index < -0.39 is 34.6 Å². The molecule has 0 atom stereocenters. The minimum absolute atomic E-state index is 0.573. The molecule has 0 saturated heterocycles. The Balaban J connectivity index is 3.51. The van der Waals surface area contributed by atoms with Gasteiger partial charge in [-0.15, -0.1) is 0 Å². The normalized spacial score (nSPS) is 9.93. The lowest BCUT2D eigenvalue weighted by Crippen LogP contribution is -2.07. The Hall–Kier alpha value is -1.85. The van der Waals surface area contributed by atoms with Crippen LogP contribution in [0.3, 0.4) is 0 Å². The first kappa shape index (κ1) is 10.2. The molecule has 0 aliphatic heterocycles. The molecule has 0 aliphatic carbocycles. The molecule has 14 heavy (non-hydrogen) atoms. The number of carbonyl (C=O) groups is 1. The van der Waals surface area contributed by atoms with E-state index in [9.17, 15) is 13.6 Å². The van der Waals surface area contributed by atoms with Crippen LogP contribution in [0.1, 0.15) is 10.4 Å². The maximum absolute atomic E-state index is 13.1. The number of anilines is 1. The van der Waals surface area contributed by atoms with Crippen LogP contribution in [0.2, 0.25) is 0 Å². The minimum atomic E-state index is -1.49. The first-order valence-corrected chi connectivity index (χ1v) is 3.53. The fourth-order valence-corrected chi connectivity index (χ4v) is 0.974. The van der Waals surface area contributed by atoms with Gasteiger partial charge in [0.1, 0.15) is 17.1 Å². The fourth-order valence-electron chi connectivity index (χ4n) is 0.974. The van der Waals surface area contributed by atoms with Crippen molar-refractivity contribution >= 4 is 11.7 Å². The van der Waals surface area contributed by atoms with Crippen molar-refractivity contribution in [1.29, 1.82) is 0 Å². The maximum Gasteiger partial charge on any atom is 0.339 e. The fraction of sp³-hybridized carbons (Fsp3) is 0.125. The number of nitrogens with two attached hydrogens (primary N) is 1. The van der Waals surface area contributed by atoms with Gasteiger partial charge in [0.05, 0.1) is 7.11 Å². The predicted molar refractivity (Wildman–Crippen MR) is 44.3 cm³/mol. The second-order valence-corrected chi connectivity index (χ2v) is 2.47.